The third-order valence-corrected chi connectivity index (χ3v) is 4.76. The van der Waals surface area contributed by atoms with Crippen LogP contribution in [-0.4, -0.2) is 22.4 Å². The Bertz CT molecular complexity index is 1300. The second-order valence-corrected chi connectivity index (χ2v) is 6.89. The van der Waals surface area contributed by atoms with Gasteiger partial charge < -0.3 is 0 Å². The van der Waals surface area contributed by atoms with Crippen LogP contribution in [0.25, 0.3) is 21.8 Å². The first-order valence-corrected chi connectivity index (χ1v) is 9.73. The normalized spacial score (nSPS) is 11.7. The van der Waals surface area contributed by atoms with E-state index < -0.39 is 0 Å². The van der Waals surface area contributed by atoms with Gasteiger partial charge in [-0.25, -0.2) is 9.97 Å². The second kappa shape index (κ2) is 8.05. The van der Waals surface area contributed by atoms with Crippen molar-refractivity contribution < 1.29 is 0 Å². The molecule has 4 heteroatoms. The fourth-order valence-corrected chi connectivity index (χ4v) is 3.24. The van der Waals surface area contributed by atoms with Crippen molar-refractivity contribution in [2.75, 3.05) is 0 Å². The zero-order valence-corrected chi connectivity index (χ0v) is 16.2. The van der Waals surface area contributed by atoms with Crippen LogP contribution in [0.4, 0.5) is 11.4 Å². The van der Waals surface area contributed by atoms with Crippen molar-refractivity contribution in [3.63, 3.8) is 0 Å². The Kier molecular flexibility index (Phi) is 4.80. The van der Waals surface area contributed by atoms with E-state index in [4.69, 9.17) is 0 Å². The number of hydrogen-bond acceptors (Lipinski definition) is 4. The zero-order valence-electron chi connectivity index (χ0n) is 16.2. The summed E-state index contributed by atoms with van der Waals surface area (Å²) in [5.41, 5.74) is 5.22. The van der Waals surface area contributed by atoms with Crippen LogP contribution in [0.2, 0.25) is 0 Å². The maximum atomic E-state index is 4.63. The maximum Gasteiger partial charge on any atom is 0.0820 e. The molecule has 142 valence electrons. The molecule has 0 atom stereocenters. The molecule has 0 aliphatic carbocycles. The first kappa shape index (κ1) is 17.9. The molecule has 30 heavy (non-hydrogen) atoms. The average molecular weight is 386 g/mol. The van der Waals surface area contributed by atoms with Gasteiger partial charge in [0.15, 0.2) is 0 Å². The van der Waals surface area contributed by atoms with Crippen LogP contribution >= 0.6 is 0 Å². The van der Waals surface area contributed by atoms with Crippen LogP contribution in [0.1, 0.15) is 11.4 Å². The Morgan fingerprint density at radius 3 is 1.53 bits per heavy atom. The first-order valence-electron chi connectivity index (χ1n) is 9.73. The molecule has 0 saturated carbocycles. The topological polar surface area (TPSA) is 50.5 Å². The van der Waals surface area contributed by atoms with Crippen molar-refractivity contribution in [1.29, 1.82) is 0 Å². The van der Waals surface area contributed by atoms with Crippen LogP contribution in [0.3, 0.4) is 0 Å². The Balaban J connectivity index is 1.36. The summed E-state index contributed by atoms with van der Waals surface area (Å²) >= 11 is 0. The molecule has 0 spiro atoms. The molecular weight excluding hydrogens is 368 g/mol. The molecule has 3 aromatic carbocycles. The summed E-state index contributed by atoms with van der Waals surface area (Å²) in [7, 11) is 0. The molecule has 0 fully saturated rings. The number of benzene rings is 3. The predicted molar refractivity (Wildman–Crippen MR) is 124 cm³/mol. The average Bonchev–Trinajstić information content (AvgIpc) is 2.81. The van der Waals surface area contributed by atoms with Crippen LogP contribution in [0, 0.1) is 0 Å². The molecule has 0 N–H and O–H groups in total. The molecule has 0 radical (unpaired) electrons. The minimum atomic E-state index is 0.822. The smallest absolute Gasteiger partial charge is 0.0820 e. The Labute approximate surface area is 174 Å². The Hall–Kier alpha value is -4.18. The molecule has 0 saturated heterocycles. The standard InChI is InChI=1S/C26H18N4/c1-3-10-25-19(6-1)12-14-23(29-25)17-27-21-8-5-9-22(16-21)28-18-24-15-13-20-7-2-4-11-26(20)30-24/h1-18H. The van der Waals surface area contributed by atoms with E-state index in [-0.39, 0.29) is 0 Å². The molecule has 0 aliphatic rings. The number of fused-ring (bicyclic) bond motifs is 2. The van der Waals surface area contributed by atoms with Gasteiger partial charge >= 0.3 is 0 Å². The molecule has 0 bridgehead atoms. The van der Waals surface area contributed by atoms with Crippen LogP contribution in [0.5, 0.6) is 0 Å². The van der Waals surface area contributed by atoms with Crippen molar-refractivity contribution in [1.82, 2.24) is 9.97 Å². The summed E-state index contributed by atoms with van der Waals surface area (Å²) in [4.78, 5) is 18.4. The minimum absolute atomic E-state index is 0.822. The summed E-state index contributed by atoms with van der Waals surface area (Å²) in [5.74, 6) is 0. The molecule has 0 aliphatic heterocycles. The lowest BCUT2D eigenvalue weighted by Crippen LogP contribution is -1.88. The number of rotatable bonds is 4. The molecule has 2 aromatic heterocycles. The summed E-state index contributed by atoms with van der Waals surface area (Å²) in [6.07, 6.45) is 3.56. The number of hydrogen-bond donors (Lipinski definition) is 0. The van der Waals surface area contributed by atoms with E-state index in [0.717, 1.165) is 44.6 Å². The molecular formula is C26H18N4. The lowest BCUT2D eigenvalue weighted by atomic mass is 10.2. The lowest BCUT2D eigenvalue weighted by Gasteiger charge is -2.00. The summed E-state index contributed by atoms with van der Waals surface area (Å²) in [6, 6.07) is 31.9. The monoisotopic (exact) mass is 386 g/mol. The van der Waals surface area contributed by atoms with Crippen molar-refractivity contribution in [3.8, 4) is 0 Å². The van der Waals surface area contributed by atoms with Gasteiger partial charge in [-0.2, -0.15) is 0 Å². The van der Waals surface area contributed by atoms with Gasteiger partial charge in [0.25, 0.3) is 0 Å². The highest BCUT2D eigenvalue weighted by Crippen LogP contribution is 2.21. The SMILES string of the molecule is C(=Nc1cccc(N=Cc2ccc3ccccc3n2)c1)c1ccc2ccccc2n1. The second-order valence-electron chi connectivity index (χ2n) is 6.89. The van der Waals surface area contributed by atoms with Gasteiger partial charge in [-0.05, 0) is 42.5 Å². The van der Waals surface area contributed by atoms with Gasteiger partial charge in [-0.3, -0.25) is 9.98 Å². The largest absolute Gasteiger partial charge is 0.255 e. The van der Waals surface area contributed by atoms with Gasteiger partial charge in [0.1, 0.15) is 0 Å². The van der Waals surface area contributed by atoms with Gasteiger partial charge in [-0.1, -0.05) is 54.6 Å². The Morgan fingerprint density at radius 1 is 0.500 bits per heavy atom. The molecule has 2 heterocycles. The van der Waals surface area contributed by atoms with Gasteiger partial charge in [-0.15, -0.1) is 0 Å². The van der Waals surface area contributed by atoms with E-state index in [9.17, 15) is 0 Å². The minimum Gasteiger partial charge on any atom is -0.255 e. The van der Waals surface area contributed by atoms with Crippen molar-refractivity contribution in [3.05, 3.63) is 108 Å². The number of nitrogens with zero attached hydrogens (tertiary/aromatic N) is 4. The number of para-hydroxylation sites is 2. The highest BCUT2D eigenvalue weighted by Gasteiger charge is 1.98. The molecule has 0 unspecified atom stereocenters. The predicted octanol–water partition coefficient (Wildman–Crippen LogP) is 6.28. The fraction of sp³-hybridized carbons (Fsp3) is 0. The van der Waals surface area contributed by atoms with E-state index >= 15 is 0 Å². The summed E-state index contributed by atoms with van der Waals surface area (Å²) in [6.45, 7) is 0. The highest BCUT2D eigenvalue weighted by molar-refractivity contribution is 5.87. The van der Waals surface area contributed by atoms with Gasteiger partial charge in [0.05, 0.1) is 46.2 Å². The van der Waals surface area contributed by atoms with Crippen molar-refractivity contribution >= 4 is 45.6 Å². The van der Waals surface area contributed by atoms with Gasteiger partial charge in [0.2, 0.25) is 0 Å². The van der Waals surface area contributed by atoms with E-state index in [1.807, 2.05) is 72.8 Å². The number of aliphatic imine (C=N–C) groups is 2. The van der Waals surface area contributed by atoms with Crippen LogP contribution in [-0.2, 0) is 0 Å². The summed E-state index contributed by atoms with van der Waals surface area (Å²) < 4.78 is 0. The van der Waals surface area contributed by atoms with E-state index in [1.165, 1.54) is 0 Å². The maximum absolute atomic E-state index is 4.63. The zero-order chi connectivity index (χ0) is 20.2. The third-order valence-electron chi connectivity index (χ3n) is 4.76. The number of pyridine rings is 2. The molecule has 5 aromatic rings. The van der Waals surface area contributed by atoms with Crippen LogP contribution < -0.4 is 0 Å². The number of aromatic nitrogens is 2. The van der Waals surface area contributed by atoms with Crippen molar-refractivity contribution in [2.24, 2.45) is 9.98 Å². The van der Waals surface area contributed by atoms with Crippen molar-refractivity contribution in [2.45, 2.75) is 0 Å². The van der Waals surface area contributed by atoms with E-state index in [1.54, 1.807) is 12.4 Å². The lowest BCUT2D eigenvalue weighted by molar-refractivity contribution is 1.36. The van der Waals surface area contributed by atoms with E-state index in [2.05, 4.69) is 44.2 Å². The highest BCUT2D eigenvalue weighted by atomic mass is 14.8. The molecule has 0 amide bonds. The molecule has 4 nitrogen and oxygen atoms in total. The summed E-state index contributed by atoms with van der Waals surface area (Å²) in [5, 5.41) is 2.24. The third kappa shape index (κ3) is 3.98. The quantitative estimate of drug-likeness (QED) is 0.341. The van der Waals surface area contributed by atoms with Gasteiger partial charge in [0, 0.05) is 10.8 Å². The Morgan fingerprint density at radius 2 is 1.00 bits per heavy atom. The van der Waals surface area contributed by atoms with E-state index in [0.29, 0.717) is 0 Å². The fourth-order valence-electron chi connectivity index (χ4n) is 3.24. The first-order chi connectivity index (χ1) is 14.8. The molecule has 5 rings (SSSR count). The van der Waals surface area contributed by atoms with Crippen LogP contribution in [0.15, 0.2) is 107 Å².